The van der Waals surface area contributed by atoms with Crippen LogP contribution in [0, 0.1) is 6.92 Å². The Morgan fingerprint density at radius 3 is 2.32 bits per heavy atom. The molecule has 1 N–H and O–H groups in total. The van der Waals surface area contributed by atoms with Crippen LogP contribution in [0.1, 0.15) is 15.4 Å². The zero-order valence-corrected chi connectivity index (χ0v) is 15.2. The van der Waals surface area contributed by atoms with Crippen molar-refractivity contribution < 1.29 is 19.0 Å². The summed E-state index contributed by atoms with van der Waals surface area (Å²) >= 11 is 1.59. The van der Waals surface area contributed by atoms with E-state index >= 15 is 0 Å². The Hall–Kier alpha value is -2.80. The van der Waals surface area contributed by atoms with Crippen LogP contribution >= 0.6 is 11.3 Å². The maximum Gasteiger partial charge on any atom is 0.255 e. The second kappa shape index (κ2) is 6.98. The second-order valence-electron chi connectivity index (χ2n) is 5.28. The molecule has 25 heavy (non-hydrogen) atoms. The van der Waals surface area contributed by atoms with Crippen LogP contribution < -0.4 is 19.5 Å². The van der Waals surface area contributed by atoms with Gasteiger partial charge >= 0.3 is 0 Å². The van der Waals surface area contributed by atoms with Gasteiger partial charge in [-0.2, -0.15) is 0 Å². The highest BCUT2D eigenvalue weighted by molar-refractivity contribution is 7.18. The quantitative estimate of drug-likeness (QED) is 0.749. The lowest BCUT2D eigenvalue weighted by Crippen LogP contribution is -2.12. The number of rotatable bonds is 5. The Labute approximate surface area is 149 Å². The Morgan fingerprint density at radius 2 is 1.72 bits per heavy atom. The number of amides is 1. The number of thiazole rings is 1. The monoisotopic (exact) mass is 358 g/mol. The van der Waals surface area contributed by atoms with Crippen molar-refractivity contribution in [2.75, 3.05) is 26.6 Å². The van der Waals surface area contributed by atoms with Crippen LogP contribution in [0.25, 0.3) is 10.2 Å². The van der Waals surface area contributed by atoms with Gasteiger partial charge in [0.25, 0.3) is 5.91 Å². The summed E-state index contributed by atoms with van der Waals surface area (Å²) in [6.45, 7) is 1.96. The van der Waals surface area contributed by atoms with Crippen molar-refractivity contribution in [3.63, 3.8) is 0 Å². The van der Waals surface area contributed by atoms with Crippen molar-refractivity contribution in [2.45, 2.75) is 6.92 Å². The SMILES string of the molecule is COc1cc(C(=O)Nc2ccc3nc(C)sc3c2)cc(OC)c1OC. The molecule has 3 aromatic rings. The van der Waals surface area contributed by atoms with E-state index in [1.165, 1.54) is 21.3 Å². The van der Waals surface area contributed by atoms with Crippen molar-refractivity contribution in [3.05, 3.63) is 40.9 Å². The van der Waals surface area contributed by atoms with Crippen LogP contribution in [0.3, 0.4) is 0 Å². The van der Waals surface area contributed by atoms with Gasteiger partial charge in [-0.25, -0.2) is 4.98 Å². The van der Waals surface area contributed by atoms with Gasteiger partial charge in [-0.05, 0) is 37.3 Å². The van der Waals surface area contributed by atoms with Crippen LogP contribution in [0.5, 0.6) is 17.2 Å². The van der Waals surface area contributed by atoms with E-state index < -0.39 is 0 Å². The number of anilines is 1. The summed E-state index contributed by atoms with van der Waals surface area (Å²) in [5.41, 5.74) is 2.04. The number of fused-ring (bicyclic) bond motifs is 1. The lowest BCUT2D eigenvalue weighted by Gasteiger charge is -2.14. The summed E-state index contributed by atoms with van der Waals surface area (Å²) in [5, 5.41) is 3.88. The number of nitrogens with one attached hydrogen (secondary N) is 1. The molecule has 0 bridgehead atoms. The molecule has 0 aliphatic rings. The molecule has 1 amide bonds. The predicted molar refractivity (Wildman–Crippen MR) is 98.4 cm³/mol. The summed E-state index contributed by atoms with van der Waals surface area (Å²) < 4.78 is 16.9. The number of benzene rings is 2. The largest absolute Gasteiger partial charge is 0.493 e. The molecule has 130 valence electrons. The van der Waals surface area contributed by atoms with E-state index in [0.717, 1.165) is 15.2 Å². The summed E-state index contributed by atoms with van der Waals surface area (Å²) in [6.07, 6.45) is 0. The number of hydrogen-bond acceptors (Lipinski definition) is 6. The molecule has 0 atom stereocenters. The fourth-order valence-corrected chi connectivity index (χ4v) is 3.40. The fourth-order valence-electron chi connectivity index (χ4n) is 2.53. The maximum absolute atomic E-state index is 12.6. The smallest absolute Gasteiger partial charge is 0.255 e. The summed E-state index contributed by atoms with van der Waals surface area (Å²) in [5.74, 6) is 1.05. The molecule has 7 heteroatoms. The van der Waals surface area contributed by atoms with E-state index in [1.807, 2.05) is 25.1 Å². The molecule has 0 aliphatic carbocycles. The first kappa shape index (κ1) is 17.0. The topological polar surface area (TPSA) is 69.7 Å². The number of carbonyl (C=O) groups excluding carboxylic acids is 1. The van der Waals surface area contributed by atoms with E-state index in [-0.39, 0.29) is 5.91 Å². The zero-order valence-electron chi connectivity index (χ0n) is 14.4. The van der Waals surface area contributed by atoms with E-state index in [4.69, 9.17) is 14.2 Å². The van der Waals surface area contributed by atoms with E-state index in [9.17, 15) is 4.79 Å². The van der Waals surface area contributed by atoms with Gasteiger partial charge in [0.2, 0.25) is 5.75 Å². The molecule has 1 aromatic heterocycles. The molecule has 2 aromatic carbocycles. The highest BCUT2D eigenvalue weighted by atomic mass is 32.1. The molecular formula is C18H18N2O4S. The third-order valence-electron chi connectivity index (χ3n) is 3.68. The van der Waals surface area contributed by atoms with Crippen LogP contribution in [0.15, 0.2) is 30.3 Å². The lowest BCUT2D eigenvalue weighted by molar-refractivity contribution is 0.102. The Kier molecular flexibility index (Phi) is 4.76. The third kappa shape index (κ3) is 3.36. The summed E-state index contributed by atoms with van der Waals surface area (Å²) in [4.78, 5) is 17.0. The number of aryl methyl sites for hydroxylation is 1. The molecule has 1 heterocycles. The van der Waals surface area contributed by atoms with E-state index in [2.05, 4.69) is 10.3 Å². The number of carbonyl (C=O) groups is 1. The zero-order chi connectivity index (χ0) is 18.0. The average Bonchev–Trinajstić information content (AvgIpc) is 2.99. The standard InChI is InChI=1S/C18H18N2O4S/c1-10-19-13-6-5-12(9-16(13)25-10)20-18(21)11-7-14(22-2)17(24-4)15(8-11)23-3/h5-9H,1-4H3,(H,20,21). The van der Waals surface area contributed by atoms with Gasteiger partial charge in [-0.15, -0.1) is 11.3 Å². The van der Waals surface area contributed by atoms with Crippen LogP contribution in [-0.2, 0) is 0 Å². The second-order valence-corrected chi connectivity index (χ2v) is 6.52. The molecular weight excluding hydrogens is 340 g/mol. The van der Waals surface area contributed by atoms with Crippen molar-refractivity contribution >= 4 is 33.1 Å². The number of methoxy groups -OCH3 is 3. The fraction of sp³-hybridized carbons (Fsp3) is 0.222. The van der Waals surface area contributed by atoms with Gasteiger partial charge < -0.3 is 19.5 Å². The average molecular weight is 358 g/mol. The lowest BCUT2D eigenvalue weighted by atomic mass is 10.1. The van der Waals surface area contributed by atoms with Crippen molar-refractivity contribution in [1.29, 1.82) is 0 Å². The molecule has 3 rings (SSSR count). The first-order valence-corrected chi connectivity index (χ1v) is 8.36. The summed E-state index contributed by atoms with van der Waals surface area (Å²) in [6, 6.07) is 8.87. The first-order chi connectivity index (χ1) is 12.0. The van der Waals surface area contributed by atoms with Gasteiger partial charge in [0.05, 0.1) is 36.6 Å². The molecule has 0 radical (unpaired) electrons. The normalized spacial score (nSPS) is 10.6. The van der Waals surface area contributed by atoms with Gasteiger partial charge in [0.15, 0.2) is 11.5 Å². The minimum absolute atomic E-state index is 0.264. The third-order valence-corrected chi connectivity index (χ3v) is 4.61. The van der Waals surface area contributed by atoms with Crippen LogP contribution in [-0.4, -0.2) is 32.2 Å². The van der Waals surface area contributed by atoms with Gasteiger partial charge in [0, 0.05) is 11.3 Å². The van der Waals surface area contributed by atoms with Crippen LogP contribution in [0.4, 0.5) is 5.69 Å². The molecule has 0 unspecified atom stereocenters. The van der Waals surface area contributed by atoms with Crippen molar-refractivity contribution in [3.8, 4) is 17.2 Å². The van der Waals surface area contributed by atoms with Crippen LogP contribution in [0.2, 0.25) is 0 Å². The Balaban J connectivity index is 1.91. The van der Waals surface area contributed by atoms with E-state index in [1.54, 1.807) is 23.5 Å². The molecule has 0 saturated carbocycles. The predicted octanol–water partition coefficient (Wildman–Crippen LogP) is 3.88. The molecule has 0 saturated heterocycles. The number of nitrogens with zero attached hydrogens (tertiary/aromatic N) is 1. The molecule has 0 spiro atoms. The number of hydrogen-bond donors (Lipinski definition) is 1. The highest BCUT2D eigenvalue weighted by Crippen LogP contribution is 2.38. The first-order valence-electron chi connectivity index (χ1n) is 7.54. The van der Waals surface area contributed by atoms with E-state index in [0.29, 0.717) is 28.5 Å². The number of ether oxygens (including phenoxy) is 3. The van der Waals surface area contributed by atoms with Gasteiger partial charge in [-0.3, -0.25) is 4.79 Å². The van der Waals surface area contributed by atoms with Gasteiger partial charge in [-0.1, -0.05) is 0 Å². The Bertz CT molecular complexity index is 911. The highest BCUT2D eigenvalue weighted by Gasteiger charge is 2.17. The van der Waals surface area contributed by atoms with Crippen molar-refractivity contribution in [1.82, 2.24) is 4.98 Å². The summed E-state index contributed by atoms with van der Waals surface area (Å²) in [7, 11) is 4.55. The van der Waals surface area contributed by atoms with Gasteiger partial charge in [0.1, 0.15) is 0 Å². The Morgan fingerprint density at radius 1 is 1.04 bits per heavy atom. The molecule has 0 aliphatic heterocycles. The molecule has 0 fully saturated rings. The van der Waals surface area contributed by atoms with Crippen molar-refractivity contribution in [2.24, 2.45) is 0 Å². The molecule has 6 nitrogen and oxygen atoms in total. The number of aromatic nitrogens is 1. The minimum atomic E-state index is -0.264. The minimum Gasteiger partial charge on any atom is -0.493 e. The maximum atomic E-state index is 12.6.